The zero-order valence-electron chi connectivity index (χ0n) is 11.5. The fourth-order valence-electron chi connectivity index (χ4n) is 2.46. The number of benzene rings is 1. The molecule has 0 spiro atoms. The van der Waals surface area contributed by atoms with Gasteiger partial charge in [0, 0.05) is 34.4 Å². The van der Waals surface area contributed by atoms with Crippen LogP contribution in [-0.4, -0.2) is 32.3 Å². The van der Waals surface area contributed by atoms with Gasteiger partial charge in [-0.2, -0.15) is 0 Å². The molecule has 1 aliphatic rings. The van der Waals surface area contributed by atoms with Gasteiger partial charge in [0.1, 0.15) is 0 Å². The van der Waals surface area contributed by atoms with Crippen LogP contribution in [0.1, 0.15) is 42.5 Å². The Balaban J connectivity index is 2.27. The lowest BCUT2D eigenvalue weighted by Gasteiger charge is -2.25. The van der Waals surface area contributed by atoms with Gasteiger partial charge in [0.05, 0.1) is 4.90 Å². The van der Waals surface area contributed by atoms with Crippen LogP contribution in [0.2, 0.25) is 5.02 Å². The van der Waals surface area contributed by atoms with Gasteiger partial charge in [-0.25, -0.2) is 8.42 Å². The van der Waals surface area contributed by atoms with Crippen molar-refractivity contribution in [3.05, 3.63) is 28.8 Å². The summed E-state index contributed by atoms with van der Waals surface area (Å²) < 4.78 is 22.8. The first kappa shape index (κ1) is 16.6. The number of likely N-dealkylation sites (tertiary alicyclic amines) is 1. The lowest BCUT2D eigenvalue weighted by Crippen LogP contribution is -2.33. The van der Waals surface area contributed by atoms with Crippen molar-refractivity contribution in [1.82, 2.24) is 4.90 Å². The molecule has 21 heavy (non-hydrogen) atoms. The number of nitrogens with zero attached hydrogens (tertiary/aromatic N) is 1. The van der Waals surface area contributed by atoms with Crippen molar-refractivity contribution in [1.29, 1.82) is 0 Å². The first-order chi connectivity index (χ1) is 9.88. The van der Waals surface area contributed by atoms with E-state index in [1.165, 1.54) is 24.6 Å². The molecule has 1 aromatic carbocycles. The number of rotatable bonds is 2. The van der Waals surface area contributed by atoms with Crippen LogP contribution >= 0.6 is 22.3 Å². The lowest BCUT2D eigenvalue weighted by atomic mass is 10.1. The fraction of sp³-hybridized carbons (Fsp3) is 0.500. The maximum atomic E-state index is 12.5. The van der Waals surface area contributed by atoms with Gasteiger partial charge in [-0.05, 0) is 31.0 Å². The molecule has 0 saturated carbocycles. The minimum absolute atomic E-state index is 0.146. The maximum Gasteiger partial charge on any atom is 0.261 e. The molecule has 0 radical (unpaired) electrons. The van der Waals surface area contributed by atoms with Crippen molar-refractivity contribution < 1.29 is 13.2 Å². The van der Waals surface area contributed by atoms with Crippen LogP contribution in [0.25, 0.3) is 0 Å². The molecule has 0 bridgehead atoms. The Bertz CT molecular complexity index is 623. The summed E-state index contributed by atoms with van der Waals surface area (Å²) in [5.41, 5.74) is 0.266. The van der Waals surface area contributed by atoms with E-state index in [0.29, 0.717) is 13.1 Å². The molecule has 1 heterocycles. The Morgan fingerprint density at radius 3 is 2.14 bits per heavy atom. The first-order valence-corrected chi connectivity index (χ1v) is 9.61. The van der Waals surface area contributed by atoms with Gasteiger partial charge < -0.3 is 4.90 Å². The summed E-state index contributed by atoms with van der Waals surface area (Å²) in [5.74, 6) is -0.194. The second-order valence-electron chi connectivity index (χ2n) is 5.17. The van der Waals surface area contributed by atoms with E-state index in [2.05, 4.69) is 0 Å². The van der Waals surface area contributed by atoms with E-state index in [0.717, 1.165) is 25.7 Å². The molecule has 1 aliphatic heterocycles. The smallest absolute Gasteiger partial charge is 0.261 e. The van der Waals surface area contributed by atoms with Crippen LogP contribution in [0.3, 0.4) is 0 Å². The third-order valence-corrected chi connectivity index (χ3v) is 5.09. The van der Waals surface area contributed by atoms with Crippen molar-refractivity contribution in [3.8, 4) is 0 Å². The highest BCUT2D eigenvalue weighted by Crippen LogP contribution is 2.23. The topological polar surface area (TPSA) is 54.5 Å². The van der Waals surface area contributed by atoms with E-state index in [4.69, 9.17) is 22.3 Å². The molecular weight excluding hydrogens is 333 g/mol. The average Bonchev–Trinajstić information content (AvgIpc) is 2.36. The van der Waals surface area contributed by atoms with Crippen LogP contribution in [-0.2, 0) is 9.05 Å². The second kappa shape index (κ2) is 6.99. The Morgan fingerprint density at radius 2 is 1.57 bits per heavy atom. The molecule has 4 nitrogen and oxygen atoms in total. The molecule has 0 aromatic heterocycles. The number of amides is 1. The number of hydrogen-bond donors (Lipinski definition) is 0. The molecule has 1 saturated heterocycles. The Kier molecular flexibility index (Phi) is 5.52. The molecule has 0 unspecified atom stereocenters. The molecule has 0 atom stereocenters. The van der Waals surface area contributed by atoms with Gasteiger partial charge in [0.15, 0.2) is 0 Å². The van der Waals surface area contributed by atoms with Crippen LogP contribution in [0.15, 0.2) is 23.1 Å². The predicted octanol–water partition coefficient (Wildman–Crippen LogP) is 3.67. The van der Waals surface area contributed by atoms with Crippen molar-refractivity contribution in [3.63, 3.8) is 0 Å². The summed E-state index contributed by atoms with van der Waals surface area (Å²) in [6.45, 7) is 1.38. The summed E-state index contributed by atoms with van der Waals surface area (Å²) >= 11 is 5.90. The molecule has 0 N–H and O–H groups in total. The fourth-order valence-corrected chi connectivity index (χ4v) is 3.56. The normalized spacial score (nSPS) is 17.1. The summed E-state index contributed by atoms with van der Waals surface area (Å²) in [5, 5.41) is 0.187. The van der Waals surface area contributed by atoms with Crippen molar-refractivity contribution in [2.75, 3.05) is 13.1 Å². The highest BCUT2D eigenvalue weighted by molar-refractivity contribution is 8.13. The summed E-state index contributed by atoms with van der Waals surface area (Å²) in [6.07, 6.45) is 5.36. The molecule has 2 rings (SSSR count). The summed E-state index contributed by atoms with van der Waals surface area (Å²) in [4.78, 5) is 14.1. The minimum Gasteiger partial charge on any atom is -0.339 e. The van der Waals surface area contributed by atoms with E-state index in [1.54, 1.807) is 4.90 Å². The maximum absolute atomic E-state index is 12.5. The van der Waals surface area contributed by atoms with E-state index in [9.17, 15) is 13.2 Å². The number of halogens is 2. The van der Waals surface area contributed by atoms with Crippen LogP contribution in [0, 0.1) is 0 Å². The molecule has 1 aromatic rings. The Labute approximate surface area is 134 Å². The van der Waals surface area contributed by atoms with Gasteiger partial charge in [0.2, 0.25) is 0 Å². The second-order valence-corrected chi connectivity index (χ2v) is 8.18. The van der Waals surface area contributed by atoms with Crippen molar-refractivity contribution in [2.24, 2.45) is 0 Å². The molecule has 7 heteroatoms. The van der Waals surface area contributed by atoms with Gasteiger partial charge in [-0.3, -0.25) is 4.79 Å². The standard InChI is InChI=1S/C14H17Cl2NO3S/c15-12-8-11(9-13(10-12)21(16,19)20)14(18)17-6-4-2-1-3-5-7-17/h8-10H,1-7H2. The zero-order valence-corrected chi connectivity index (χ0v) is 13.8. The van der Waals surface area contributed by atoms with Gasteiger partial charge in [0.25, 0.3) is 15.0 Å². The first-order valence-electron chi connectivity index (χ1n) is 6.92. The summed E-state index contributed by atoms with van der Waals surface area (Å²) in [6, 6.07) is 4.01. The minimum atomic E-state index is -3.91. The van der Waals surface area contributed by atoms with Crippen molar-refractivity contribution in [2.45, 2.75) is 37.0 Å². The number of carbonyl (C=O) groups is 1. The van der Waals surface area contributed by atoms with E-state index in [-0.39, 0.29) is 21.4 Å². The number of carbonyl (C=O) groups excluding carboxylic acids is 1. The Hall–Kier alpha value is -0.780. The molecule has 0 aliphatic carbocycles. The molecule has 1 amide bonds. The molecule has 1 fully saturated rings. The van der Waals surface area contributed by atoms with Crippen molar-refractivity contribution >= 4 is 37.2 Å². The van der Waals surface area contributed by atoms with E-state index < -0.39 is 9.05 Å². The van der Waals surface area contributed by atoms with Gasteiger partial charge in [-0.1, -0.05) is 30.9 Å². The number of hydrogen-bond acceptors (Lipinski definition) is 3. The van der Waals surface area contributed by atoms with Gasteiger partial charge in [-0.15, -0.1) is 0 Å². The van der Waals surface area contributed by atoms with Crippen LogP contribution < -0.4 is 0 Å². The monoisotopic (exact) mass is 349 g/mol. The van der Waals surface area contributed by atoms with E-state index >= 15 is 0 Å². The summed E-state index contributed by atoms with van der Waals surface area (Å²) in [7, 11) is 1.42. The quantitative estimate of drug-likeness (QED) is 0.765. The predicted molar refractivity (Wildman–Crippen MR) is 83.5 cm³/mol. The lowest BCUT2D eigenvalue weighted by molar-refractivity contribution is 0.0742. The highest BCUT2D eigenvalue weighted by Gasteiger charge is 2.20. The SMILES string of the molecule is O=C(c1cc(Cl)cc(S(=O)(=O)Cl)c1)N1CCCCCCC1. The van der Waals surface area contributed by atoms with E-state index in [1.807, 2.05) is 0 Å². The third-order valence-electron chi connectivity index (χ3n) is 3.54. The zero-order chi connectivity index (χ0) is 15.5. The van der Waals surface area contributed by atoms with Crippen LogP contribution in [0.4, 0.5) is 0 Å². The van der Waals surface area contributed by atoms with Gasteiger partial charge >= 0.3 is 0 Å². The largest absolute Gasteiger partial charge is 0.339 e. The third kappa shape index (κ3) is 4.59. The Morgan fingerprint density at radius 1 is 1.00 bits per heavy atom. The molecule has 116 valence electrons. The highest BCUT2D eigenvalue weighted by atomic mass is 35.7. The molecular formula is C14H17Cl2NO3S. The average molecular weight is 350 g/mol. The van der Waals surface area contributed by atoms with Crippen LogP contribution in [0.5, 0.6) is 0 Å².